The van der Waals surface area contributed by atoms with E-state index in [0.29, 0.717) is 37.5 Å². The van der Waals surface area contributed by atoms with E-state index in [0.717, 1.165) is 42.8 Å². The van der Waals surface area contributed by atoms with Crippen molar-refractivity contribution in [2.45, 2.75) is 77.9 Å². The minimum absolute atomic E-state index is 0.0894. The molecule has 0 radical (unpaired) electrons. The number of pyridine rings is 1. The first-order valence-electron chi connectivity index (χ1n) is 11.6. The molecule has 0 spiro atoms. The van der Waals surface area contributed by atoms with Crippen LogP contribution in [0.2, 0.25) is 0 Å². The van der Waals surface area contributed by atoms with Gasteiger partial charge in [0.1, 0.15) is 0 Å². The van der Waals surface area contributed by atoms with E-state index >= 15 is 0 Å². The molecule has 0 atom stereocenters. The molecule has 7 heteroatoms. The Hall–Kier alpha value is -2.70. The molecule has 3 heterocycles. The third kappa shape index (κ3) is 5.14. The number of aryl methyl sites for hydroxylation is 1. The Bertz CT molecular complexity index is 916. The molecular formula is C24H33N5O2. The number of carbonyl (C=O) groups is 2. The Morgan fingerprint density at radius 2 is 2.03 bits per heavy atom. The van der Waals surface area contributed by atoms with Crippen LogP contribution in [0.5, 0.6) is 0 Å². The molecule has 31 heavy (non-hydrogen) atoms. The number of nitrogens with zero attached hydrogens (tertiary/aromatic N) is 4. The molecule has 2 aromatic heterocycles. The highest BCUT2D eigenvalue weighted by atomic mass is 16.2. The van der Waals surface area contributed by atoms with Crippen LogP contribution in [0.3, 0.4) is 0 Å². The lowest BCUT2D eigenvalue weighted by atomic mass is 10.0. The fourth-order valence-corrected chi connectivity index (χ4v) is 4.65. The summed E-state index contributed by atoms with van der Waals surface area (Å²) in [6, 6.07) is 6.02. The van der Waals surface area contributed by atoms with Gasteiger partial charge in [0.15, 0.2) is 5.69 Å². The first kappa shape index (κ1) is 21.5. The van der Waals surface area contributed by atoms with Crippen LogP contribution < -0.4 is 5.32 Å². The molecule has 2 aromatic rings. The number of amides is 2. The standard InChI is InChI=1S/C24H33N5O2/c1-17(2)15-29-21-12-14-28(22(30)11-10-18-7-5-6-13-25-18)16-20(21)23(27-29)24(31)26-19-8-3-4-9-19/h5-7,13,17,19H,3-4,8-12,14-16H2,1-2H3,(H,26,31). The molecule has 0 bridgehead atoms. The predicted molar refractivity (Wildman–Crippen MR) is 118 cm³/mol. The lowest BCUT2D eigenvalue weighted by Crippen LogP contribution is -2.38. The van der Waals surface area contributed by atoms with Crippen molar-refractivity contribution in [3.8, 4) is 0 Å². The van der Waals surface area contributed by atoms with Crippen LogP contribution in [-0.2, 0) is 30.7 Å². The van der Waals surface area contributed by atoms with Crippen molar-refractivity contribution in [3.05, 3.63) is 47.0 Å². The normalized spacial score (nSPS) is 16.5. The maximum absolute atomic E-state index is 13.1. The summed E-state index contributed by atoms with van der Waals surface area (Å²) in [6.07, 6.45) is 7.97. The zero-order valence-corrected chi connectivity index (χ0v) is 18.6. The monoisotopic (exact) mass is 423 g/mol. The molecule has 2 amide bonds. The second kappa shape index (κ2) is 9.62. The third-order valence-electron chi connectivity index (χ3n) is 6.25. The van der Waals surface area contributed by atoms with Gasteiger partial charge in [-0.15, -0.1) is 0 Å². The second-order valence-electron chi connectivity index (χ2n) is 9.19. The fraction of sp³-hybridized carbons (Fsp3) is 0.583. The molecule has 1 N–H and O–H groups in total. The highest BCUT2D eigenvalue weighted by Crippen LogP contribution is 2.25. The third-order valence-corrected chi connectivity index (χ3v) is 6.25. The summed E-state index contributed by atoms with van der Waals surface area (Å²) in [5.74, 6) is 0.455. The maximum atomic E-state index is 13.1. The van der Waals surface area contributed by atoms with E-state index in [-0.39, 0.29) is 17.9 Å². The van der Waals surface area contributed by atoms with Gasteiger partial charge in [-0.05, 0) is 37.3 Å². The van der Waals surface area contributed by atoms with E-state index in [1.54, 1.807) is 6.20 Å². The largest absolute Gasteiger partial charge is 0.348 e. The van der Waals surface area contributed by atoms with Crippen LogP contribution in [0.25, 0.3) is 0 Å². The Labute approximate surface area is 184 Å². The van der Waals surface area contributed by atoms with Crippen LogP contribution in [0.4, 0.5) is 0 Å². The molecule has 0 unspecified atom stereocenters. The van der Waals surface area contributed by atoms with Gasteiger partial charge in [-0.3, -0.25) is 19.3 Å². The van der Waals surface area contributed by atoms with Gasteiger partial charge < -0.3 is 10.2 Å². The number of hydrogen-bond acceptors (Lipinski definition) is 4. The average Bonchev–Trinajstić information content (AvgIpc) is 3.40. The van der Waals surface area contributed by atoms with Crippen LogP contribution >= 0.6 is 0 Å². The van der Waals surface area contributed by atoms with Gasteiger partial charge in [-0.25, -0.2) is 0 Å². The summed E-state index contributed by atoms with van der Waals surface area (Å²) in [5, 5.41) is 7.89. The van der Waals surface area contributed by atoms with E-state index in [1.807, 2.05) is 27.8 Å². The number of hydrogen-bond donors (Lipinski definition) is 1. The van der Waals surface area contributed by atoms with Gasteiger partial charge >= 0.3 is 0 Å². The fourth-order valence-electron chi connectivity index (χ4n) is 4.65. The minimum Gasteiger partial charge on any atom is -0.348 e. The van der Waals surface area contributed by atoms with Crippen molar-refractivity contribution in [2.75, 3.05) is 6.54 Å². The van der Waals surface area contributed by atoms with Crippen LogP contribution in [-0.4, -0.2) is 44.1 Å². The lowest BCUT2D eigenvalue weighted by molar-refractivity contribution is -0.132. The van der Waals surface area contributed by atoms with Crippen LogP contribution in [0.1, 0.15) is 73.4 Å². The minimum atomic E-state index is -0.0894. The van der Waals surface area contributed by atoms with Crippen molar-refractivity contribution in [2.24, 2.45) is 5.92 Å². The summed E-state index contributed by atoms with van der Waals surface area (Å²) in [4.78, 5) is 32.1. The quantitative estimate of drug-likeness (QED) is 0.742. The van der Waals surface area contributed by atoms with E-state index in [4.69, 9.17) is 5.10 Å². The Morgan fingerprint density at radius 3 is 2.74 bits per heavy atom. The van der Waals surface area contributed by atoms with Crippen molar-refractivity contribution in [3.63, 3.8) is 0 Å². The van der Waals surface area contributed by atoms with Gasteiger partial charge in [0.05, 0.1) is 0 Å². The van der Waals surface area contributed by atoms with Crippen molar-refractivity contribution < 1.29 is 9.59 Å². The van der Waals surface area contributed by atoms with E-state index < -0.39 is 0 Å². The summed E-state index contributed by atoms with van der Waals surface area (Å²) in [5.41, 5.74) is 3.47. The van der Waals surface area contributed by atoms with Crippen LogP contribution in [0.15, 0.2) is 24.4 Å². The zero-order chi connectivity index (χ0) is 21.8. The van der Waals surface area contributed by atoms with Gasteiger partial charge in [0, 0.05) is 61.7 Å². The topological polar surface area (TPSA) is 80.1 Å². The lowest BCUT2D eigenvalue weighted by Gasteiger charge is -2.28. The van der Waals surface area contributed by atoms with Gasteiger partial charge in [0.25, 0.3) is 5.91 Å². The molecule has 0 saturated heterocycles. The smallest absolute Gasteiger partial charge is 0.272 e. The SMILES string of the molecule is CC(C)Cn1nc(C(=O)NC2CCCC2)c2c1CCN(C(=O)CCc1ccccn1)C2. The second-order valence-corrected chi connectivity index (χ2v) is 9.19. The summed E-state index contributed by atoms with van der Waals surface area (Å²) in [7, 11) is 0. The van der Waals surface area contributed by atoms with Crippen molar-refractivity contribution in [1.82, 2.24) is 25.0 Å². The first-order valence-corrected chi connectivity index (χ1v) is 11.6. The molecule has 166 valence electrons. The molecular weight excluding hydrogens is 390 g/mol. The number of aromatic nitrogens is 3. The molecule has 7 nitrogen and oxygen atoms in total. The molecule has 1 saturated carbocycles. The molecule has 4 rings (SSSR count). The highest BCUT2D eigenvalue weighted by molar-refractivity contribution is 5.94. The predicted octanol–water partition coefficient (Wildman–Crippen LogP) is 3.12. The van der Waals surface area contributed by atoms with Gasteiger partial charge in [0.2, 0.25) is 5.91 Å². The number of nitrogens with one attached hydrogen (secondary N) is 1. The molecule has 0 aromatic carbocycles. The molecule has 1 aliphatic carbocycles. The number of carbonyl (C=O) groups excluding carboxylic acids is 2. The summed E-state index contributed by atoms with van der Waals surface area (Å²) in [6.45, 7) is 6.22. The summed E-state index contributed by atoms with van der Waals surface area (Å²) >= 11 is 0. The van der Waals surface area contributed by atoms with Crippen LogP contribution in [0, 0.1) is 5.92 Å². The average molecular weight is 424 g/mol. The number of fused-ring (bicyclic) bond motifs is 1. The Kier molecular flexibility index (Phi) is 6.68. The van der Waals surface area contributed by atoms with Crippen molar-refractivity contribution in [1.29, 1.82) is 0 Å². The molecule has 1 fully saturated rings. The van der Waals surface area contributed by atoms with E-state index in [2.05, 4.69) is 24.1 Å². The Balaban J connectivity index is 1.49. The Morgan fingerprint density at radius 1 is 1.23 bits per heavy atom. The van der Waals surface area contributed by atoms with E-state index in [1.165, 1.54) is 12.8 Å². The summed E-state index contributed by atoms with van der Waals surface area (Å²) < 4.78 is 2.00. The number of rotatable bonds is 7. The van der Waals surface area contributed by atoms with Gasteiger partial charge in [-0.1, -0.05) is 32.8 Å². The first-order chi connectivity index (χ1) is 15.0. The van der Waals surface area contributed by atoms with Gasteiger partial charge in [-0.2, -0.15) is 5.10 Å². The van der Waals surface area contributed by atoms with E-state index in [9.17, 15) is 9.59 Å². The molecule has 1 aliphatic heterocycles. The maximum Gasteiger partial charge on any atom is 0.272 e. The van der Waals surface area contributed by atoms with Crippen molar-refractivity contribution >= 4 is 11.8 Å². The molecule has 2 aliphatic rings. The highest BCUT2D eigenvalue weighted by Gasteiger charge is 2.31. The zero-order valence-electron chi connectivity index (χ0n) is 18.6.